The van der Waals surface area contributed by atoms with Crippen molar-refractivity contribution in [2.24, 2.45) is 5.41 Å². The number of anilines is 1. The fraction of sp³-hybridized carbons (Fsp3) is 0.643. The zero-order chi connectivity index (χ0) is 14.2. The fourth-order valence-electron chi connectivity index (χ4n) is 1.85. The maximum Gasteiger partial charge on any atom is 0.225 e. The first-order valence-corrected chi connectivity index (χ1v) is 6.64. The van der Waals surface area contributed by atoms with Gasteiger partial charge in [0.2, 0.25) is 5.91 Å². The highest BCUT2D eigenvalue weighted by molar-refractivity contribution is 5.82. The van der Waals surface area contributed by atoms with Gasteiger partial charge in [-0.25, -0.2) is 0 Å². The topological polar surface area (TPSA) is 58.1 Å². The average molecular weight is 262 g/mol. The van der Waals surface area contributed by atoms with Gasteiger partial charge >= 0.3 is 0 Å². The van der Waals surface area contributed by atoms with Crippen molar-refractivity contribution in [3.63, 3.8) is 0 Å². The molecule has 2 rings (SSSR count). The van der Waals surface area contributed by atoms with Crippen molar-refractivity contribution in [1.29, 1.82) is 0 Å². The third-order valence-corrected chi connectivity index (χ3v) is 3.44. The summed E-state index contributed by atoms with van der Waals surface area (Å²) in [6, 6.07) is 2.26. The minimum absolute atomic E-state index is 0.100. The van der Waals surface area contributed by atoms with Crippen molar-refractivity contribution in [3.05, 3.63) is 17.3 Å². The van der Waals surface area contributed by atoms with Crippen LogP contribution in [-0.2, 0) is 4.79 Å². The number of aromatic nitrogens is 2. The van der Waals surface area contributed by atoms with Gasteiger partial charge < -0.3 is 10.2 Å². The Morgan fingerprint density at radius 1 is 1.32 bits per heavy atom. The zero-order valence-corrected chi connectivity index (χ0v) is 12.3. The van der Waals surface area contributed by atoms with Crippen LogP contribution >= 0.6 is 0 Å². The summed E-state index contributed by atoms with van der Waals surface area (Å²) in [6.45, 7) is 11.4. The predicted octanol–water partition coefficient (Wildman–Crippen LogP) is 1.44. The van der Waals surface area contributed by atoms with E-state index in [9.17, 15) is 4.79 Å². The maximum absolute atomic E-state index is 11.9. The Morgan fingerprint density at radius 3 is 2.47 bits per heavy atom. The number of carbonyl (C=O) groups is 1. The normalized spacial score (nSPS) is 16.2. The molecule has 1 aromatic rings. The van der Waals surface area contributed by atoms with Gasteiger partial charge in [-0.05, 0) is 25.5 Å². The van der Waals surface area contributed by atoms with Gasteiger partial charge in [0.15, 0.2) is 5.82 Å². The monoisotopic (exact) mass is 262 g/mol. The summed E-state index contributed by atoms with van der Waals surface area (Å²) in [5.41, 5.74) is 1.77. The molecule has 5 heteroatoms. The van der Waals surface area contributed by atoms with Crippen LogP contribution in [0.4, 0.5) is 5.82 Å². The van der Waals surface area contributed by atoms with Crippen LogP contribution in [0.5, 0.6) is 0 Å². The Morgan fingerprint density at radius 2 is 1.95 bits per heavy atom. The van der Waals surface area contributed by atoms with E-state index >= 15 is 0 Å². The largest absolute Gasteiger partial charge is 0.351 e. The summed E-state index contributed by atoms with van der Waals surface area (Å²) in [4.78, 5) is 14.0. The lowest BCUT2D eigenvalue weighted by molar-refractivity contribution is -0.129. The quantitative estimate of drug-likeness (QED) is 0.876. The molecule has 1 amide bonds. The first kappa shape index (κ1) is 13.8. The van der Waals surface area contributed by atoms with Crippen LogP contribution < -0.4 is 10.2 Å². The minimum atomic E-state index is -0.333. The van der Waals surface area contributed by atoms with Crippen LogP contribution in [0.2, 0.25) is 0 Å². The van der Waals surface area contributed by atoms with Crippen LogP contribution in [0, 0.1) is 19.3 Å². The molecule has 0 saturated carbocycles. The number of nitrogens with one attached hydrogen (secondary N) is 1. The van der Waals surface area contributed by atoms with E-state index in [1.165, 1.54) is 0 Å². The Kier molecular flexibility index (Phi) is 3.47. The van der Waals surface area contributed by atoms with Crippen molar-refractivity contribution in [1.82, 2.24) is 15.5 Å². The Bertz CT molecular complexity index is 487. The van der Waals surface area contributed by atoms with E-state index in [1.54, 1.807) is 0 Å². The van der Waals surface area contributed by atoms with Crippen LogP contribution in [0.3, 0.4) is 0 Å². The molecule has 1 aromatic heterocycles. The molecular formula is C14H22N4O. The molecule has 0 unspecified atom stereocenters. The third-order valence-electron chi connectivity index (χ3n) is 3.44. The summed E-state index contributed by atoms with van der Waals surface area (Å²) >= 11 is 0. The summed E-state index contributed by atoms with van der Waals surface area (Å²) < 4.78 is 0. The van der Waals surface area contributed by atoms with Gasteiger partial charge in [0.1, 0.15) is 0 Å². The molecule has 1 N–H and O–H groups in total. The lowest BCUT2D eigenvalue weighted by Gasteiger charge is -2.41. The molecule has 0 radical (unpaired) electrons. The molecule has 2 heterocycles. The SMILES string of the molecule is Cc1cc(N2CC(NC(=O)C(C)(C)C)C2)nnc1C. The van der Waals surface area contributed by atoms with E-state index in [1.807, 2.05) is 40.7 Å². The van der Waals surface area contributed by atoms with E-state index in [4.69, 9.17) is 0 Å². The smallest absolute Gasteiger partial charge is 0.225 e. The molecule has 1 aliphatic heterocycles. The van der Waals surface area contributed by atoms with Gasteiger partial charge in [0.05, 0.1) is 11.7 Å². The molecule has 0 spiro atoms. The van der Waals surface area contributed by atoms with Crippen molar-refractivity contribution in [2.75, 3.05) is 18.0 Å². The van der Waals surface area contributed by atoms with E-state index in [0.717, 1.165) is 30.2 Å². The lowest BCUT2D eigenvalue weighted by Crippen LogP contribution is -2.61. The molecule has 1 fully saturated rings. The standard InChI is InChI=1S/C14H22N4O/c1-9-6-12(17-16-10(9)2)18-7-11(8-18)15-13(19)14(3,4)5/h6,11H,7-8H2,1-5H3,(H,15,19). The van der Waals surface area contributed by atoms with E-state index in [2.05, 4.69) is 20.4 Å². The van der Waals surface area contributed by atoms with Gasteiger partial charge in [0, 0.05) is 18.5 Å². The first-order chi connectivity index (χ1) is 8.77. The first-order valence-electron chi connectivity index (χ1n) is 6.64. The maximum atomic E-state index is 11.9. The van der Waals surface area contributed by atoms with Crippen LogP contribution in [0.15, 0.2) is 6.07 Å². The highest BCUT2D eigenvalue weighted by Crippen LogP contribution is 2.21. The molecule has 0 aromatic carbocycles. The number of rotatable bonds is 2. The van der Waals surface area contributed by atoms with Crippen LogP contribution in [0.1, 0.15) is 32.0 Å². The van der Waals surface area contributed by atoms with Gasteiger partial charge in [-0.15, -0.1) is 5.10 Å². The van der Waals surface area contributed by atoms with Crippen molar-refractivity contribution >= 4 is 11.7 Å². The summed E-state index contributed by atoms with van der Waals surface area (Å²) in [5, 5.41) is 11.4. The van der Waals surface area contributed by atoms with Gasteiger partial charge in [-0.3, -0.25) is 4.79 Å². The molecule has 19 heavy (non-hydrogen) atoms. The summed E-state index contributed by atoms with van der Waals surface area (Å²) in [6.07, 6.45) is 0. The van der Waals surface area contributed by atoms with E-state index in [0.29, 0.717) is 0 Å². The average Bonchev–Trinajstić information content (AvgIpc) is 2.25. The van der Waals surface area contributed by atoms with Crippen molar-refractivity contribution in [2.45, 2.75) is 40.7 Å². The molecule has 1 saturated heterocycles. The second-order valence-corrected chi connectivity index (χ2v) is 6.30. The molecule has 0 atom stereocenters. The number of carbonyl (C=O) groups excluding carboxylic acids is 1. The fourth-order valence-corrected chi connectivity index (χ4v) is 1.85. The Balaban J connectivity index is 1.89. The molecule has 0 bridgehead atoms. The van der Waals surface area contributed by atoms with Gasteiger partial charge in [-0.2, -0.15) is 5.10 Å². The van der Waals surface area contributed by atoms with Crippen molar-refractivity contribution < 1.29 is 4.79 Å². The van der Waals surface area contributed by atoms with Crippen LogP contribution in [0.25, 0.3) is 0 Å². The number of hydrogen-bond acceptors (Lipinski definition) is 4. The highest BCUT2D eigenvalue weighted by atomic mass is 16.2. The Hall–Kier alpha value is -1.65. The summed E-state index contributed by atoms with van der Waals surface area (Å²) in [5.74, 6) is 0.993. The predicted molar refractivity (Wildman–Crippen MR) is 75.1 cm³/mol. The molecule has 5 nitrogen and oxygen atoms in total. The number of nitrogens with zero attached hydrogens (tertiary/aromatic N) is 3. The van der Waals surface area contributed by atoms with Gasteiger partial charge in [-0.1, -0.05) is 20.8 Å². The number of aryl methyl sites for hydroxylation is 2. The Labute approximate surface area is 114 Å². The number of amides is 1. The summed E-state index contributed by atoms with van der Waals surface area (Å²) in [7, 11) is 0. The molecule has 104 valence electrons. The molecule has 1 aliphatic rings. The molecular weight excluding hydrogens is 240 g/mol. The van der Waals surface area contributed by atoms with E-state index in [-0.39, 0.29) is 17.4 Å². The van der Waals surface area contributed by atoms with Crippen molar-refractivity contribution in [3.8, 4) is 0 Å². The number of hydrogen-bond donors (Lipinski definition) is 1. The minimum Gasteiger partial charge on any atom is -0.351 e. The third kappa shape index (κ3) is 3.03. The second kappa shape index (κ2) is 4.79. The lowest BCUT2D eigenvalue weighted by atomic mass is 9.94. The molecule has 0 aliphatic carbocycles. The van der Waals surface area contributed by atoms with Crippen LogP contribution in [-0.4, -0.2) is 35.2 Å². The second-order valence-electron chi connectivity index (χ2n) is 6.30. The zero-order valence-electron chi connectivity index (χ0n) is 12.3. The highest BCUT2D eigenvalue weighted by Gasteiger charge is 2.32. The van der Waals surface area contributed by atoms with E-state index < -0.39 is 0 Å². The van der Waals surface area contributed by atoms with Gasteiger partial charge in [0.25, 0.3) is 0 Å².